The summed E-state index contributed by atoms with van der Waals surface area (Å²) in [4.78, 5) is 21.0. The van der Waals surface area contributed by atoms with Gasteiger partial charge >= 0.3 is 0 Å². The van der Waals surface area contributed by atoms with E-state index in [4.69, 9.17) is 4.42 Å². The van der Waals surface area contributed by atoms with Crippen LogP contribution in [0.3, 0.4) is 0 Å². The van der Waals surface area contributed by atoms with Crippen molar-refractivity contribution in [2.75, 3.05) is 5.32 Å². The highest BCUT2D eigenvalue weighted by Gasteiger charge is 2.11. The van der Waals surface area contributed by atoms with Crippen molar-refractivity contribution in [3.8, 4) is 11.5 Å². The predicted octanol–water partition coefficient (Wildman–Crippen LogP) is 5.67. The minimum atomic E-state index is -0.189. The Hall–Kier alpha value is -2.51. The molecule has 0 aliphatic carbocycles. The van der Waals surface area contributed by atoms with Gasteiger partial charge in [0.1, 0.15) is 5.52 Å². The summed E-state index contributed by atoms with van der Waals surface area (Å²) in [5, 5.41) is 2.87. The van der Waals surface area contributed by atoms with Gasteiger partial charge in [-0.05, 0) is 58.4 Å². The standard InChI is InChI=1S/C19H11Br2N3O2/c20-13-3-1-2-11(6-13)18(25)23-15-4-5-17-16(8-15)24-19(26-17)12-7-14(21)10-22-9-12/h1-10H,(H,23,25). The van der Waals surface area contributed by atoms with Crippen molar-refractivity contribution in [3.63, 3.8) is 0 Å². The number of fused-ring (bicyclic) bond motifs is 1. The van der Waals surface area contributed by atoms with E-state index in [1.165, 1.54) is 0 Å². The lowest BCUT2D eigenvalue weighted by Crippen LogP contribution is -2.11. The van der Waals surface area contributed by atoms with Crippen LogP contribution in [0, 0.1) is 0 Å². The number of amides is 1. The van der Waals surface area contributed by atoms with E-state index < -0.39 is 0 Å². The maximum atomic E-state index is 12.4. The quantitative estimate of drug-likeness (QED) is 0.417. The van der Waals surface area contributed by atoms with Gasteiger partial charge in [-0.25, -0.2) is 4.98 Å². The molecular formula is C19H11Br2N3O2. The van der Waals surface area contributed by atoms with Gasteiger partial charge in [-0.3, -0.25) is 9.78 Å². The Kier molecular flexibility index (Phi) is 4.57. The van der Waals surface area contributed by atoms with Crippen molar-refractivity contribution in [3.05, 3.63) is 75.4 Å². The molecule has 0 radical (unpaired) electrons. The number of hydrogen-bond acceptors (Lipinski definition) is 4. The zero-order valence-corrected chi connectivity index (χ0v) is 16.4. The Morgan fingerprint density at radius 2 is 1.88 bits per heavy atom. The van der Waals surface area contributed by atoms with Crippen LogP contribution in [-0.4, -0.2) is 15.9 Å². The summed E-state index contributed by atoms with van der Waals surface area (Å²) in [6, 6.07) is 14.4. The number of pyridine rings is 1. The molecule has 1 N–H and O–H groups in total. The zero-order valence-electron chi connectivity index (χ0n) is 13.2. The average Bonchev–Trinajstić information content (AvgIpc) is 3.05. The normalized spacial score (nSPS) is 10.8. The lowest BCUT2D eigenvalue weighted by molar-refractivity contribution is 0.102. The van der Waals surface area contributed by atoms with Crippen molar-refractivity contribution in [2.24, 2.45) is 0 Å². The van der Waals surface area contributed by atoms with Crippen LogP contribution < -0.4 is 5.32 Å². The Balaban J connectivity index is 1.62. The number of carbonyl (C=O) groups is 1. The van der Waals surface area contributed by atoms with E-state index in [9.17, 15) is 4.79 Å². The molecule has 0 saturated heterocycles. The minimum Gasteiger partial charge on any atom is -0.436 e. The SMILES string of the molecule is O=C(Nc1ccc2oc(-c3cncc(Br)c3)nc2c1)c1cccc(Br)c1. The van der Waals surface area contributed by atoms with Crippen LogP contribution in [-0.2, 0) is 0 Å². The molecule has 2 aromatic heterocycles. The number of rotatable bonds is 3. The van der Waals surface area contributed by atoms with Gasteiger partial charge in [0.2, 0.25) is 5.89 Å². The number of anilines is 1. The summed E-state index contributed by atoms with van der Waals surface area (Å²) in [6.45, 7) is 0. The lowest BCUT2D eigenvalue weighted by atomic mass is 10.2. The Morgan fingerprint density at radius 1 is 1.00 bits per heavy atom. The molecule has 0 spiro atoms. The summed E-state index contributed by atoms with van der Waals surface area (Å²) in [5.41, 5.74) is 3.29. The molecule has 2 heterocycles. The minimum absolute atomic E-state index is 0.189. The van der Waals surface area contributed by atoms with Crippen LogP contribution in [0.15, 0.2) is 74.3 Å². The first-order valence-electron chi connectivity index (χ1n) is 7.67. The number of nitrogens with one attached hydrogen (secondary N) is 1. The van der Waals surface area contributed by atoms with Crippen LogP contribution in [0.2, 0.25) is 0 Å². The summed E-state index contributed by atoms with van der Waals surface area (Å²) in [7, 11) is 0. The fourth-order valence-electron chi connectivity index (χ4n) is 2.49. The van der Waals surface area contributed by atoms with Crippen LogP contribution >= 0.6 is 31.9 Å². The van der Waals surface area contributed by atoms with Gasteiger partial charge in [-0.2, -0.15) is 0 Å². The topological polar surface area (TPSA) is 68.0 Å². The molecule has 0 fully saturated rings. The van der Waals surface area contributed by atoms with E-state index in [1.54, 1.807) is 42.7 Å². The molecule has 0 saturated carbocycles. The van der Waals surface area contributed by atoms with Gasteiger partial charge in [0.25, 0.3) is 5.91 Å². The monoisotopic (exact) mass is 471 g/mol. The van der Waals surface area contributed by atoms with E-state index in [1.807, 2.05) is 18.2 Å². The first-order chi connectivity index (χ1) is 12.6. The summed E-state index contributed by atoms with van der Waals surface area (Å²) in [5.74, 6) is 0.287. The number of oxazole rings is 1. The molecule has 1 amide bonds. The molecule has 26 heavy (non-hydrogen) atoms. The molecule has 2 aromatic carbocycles. The third-order valence-electron chi connectivity index (χ3n) is 3.68. The van der Waals surface area contributed by atoms with Gasteiger partial charge in [0, 0.05) is 32.6 Å². The highest BCUT2D eigenvalue weighted by Crippen LogP contribution is 2.27. The van der Waals surface area contributed by atoms with Gasteiger partial charge in [0.15, 0.2) is 5.58 Å². The fourth-order valence-corrected chi connectivity index (χ4v) is 3.25. The molecule has 4 aromatic rings. The number of aromatic nitrogens is 2. The Bertz CT molecular complexity index is 1120. The van der Waals surface area contributed by atoms with Crippen LogP contribution in [0.25, 0.3) is 22.6 Å². The molecule has 0 unspecified atom stereocenters. The highest BCUT2D eigenvalue weighted by molar-refractivity contribution is 9.10. The number of halogens is 2. The summed E-state index contributed by atoms with van der Waals surface area (Å²) >= 11 is 6.75. The number of nitrogens with zero attached hydrogens (tertiary/aromatic N) is 2. The van der Waals surface area contributed by atoms with Crippen molar-refractivity contribution in [1.82, 2.24) is 9.97 Å². The van der Waals surface area contributed by atoms with Crippen molar-refractivity contribution in [2.45, 2.75) is 0 Å². The molecule has 5 nitrogen and oxygen atoms in total. The van der Waals surface area contributed by atoms with E-state index >= 15 is 0 Å². The average molecular weight is 473 g/mol. The largest absolute Gasteiger partial charge is 0.436 e. The van der Waals surface area contributed by atoms with Crippen molar-refractivity contribution in [1.29, 1.82) is 0 Å². The van der Waals surface area contributed by atoms with Crippen LogP contribution in [0.1, 0.15) is 10.4 Å². The van der Waals surface area contributed by atoms with Gasteiger partial charge in [-0.1, -0.05) is 22.0 Å². The molecular weight excluding hydrogens is 462 g/mol. The zero-order chi connectivity index (χ0) is 18.1. The first-order valence-corrected chi connectivity index (χ1v) is 9.25. The van der Waals surface area contributed by atoms with Crippen LogP contribution in [0.5, 0.6) is 0 Å². The second kappa shape index (κ2) is 7.01. The maximum Gasteiger partial charge on any atom is 0.255 e. The molecule has 0 aliphatic rings. The predicted molar refractivity (Wildman–Crippen MR) is 107 cm³/mol. The second-order valence-corrected chi connectivity index (χ2v) is 7.39. The highest BCUT2D eigenvalue weighted by atomic mass is 79.9. The number of carbonyl (C=O) groups excluding carboxylic acids is 1. The third-order valence-corrected chi connectivity index (χ3v) is 4.61. The van der Waals surface area contributed by atoms with Crippen molar-refractivity contribution >= 4 is 54.6 Å². The fraction of sp³-hybridized carbons (Fsp3) is 0. The summed E-state index contributed by atoms with van der Waals surface area (Å²) < 4.78 is 7.48. The Morgan fingerprint density at radius 3 is 2.69 bits per heavy atom. The molecule has 0 atom stereocenters. The smallest absolute Gasteiger partial charge is 0.255 e. The van der Waals surface area contributed by atoms with E-state index in [0.29, 0.717) is 28.2 Å². The molecule has 4 rings (SSSR count). The van der Waals surface area contributed by atoms with Gasteiger partial charge in [-0.15, -0.1) is 0 Å². The first kappa shape index (κ1) is 16.9. The number of hydrogen-bond donors (Lipinski definition) is 1. The summed E-state index contributed by atoms with van der Waals surface area (Å²) in [6.07, 6.45) is 3.38. The molecule has 128 valence electrons. The maximum absolute atomic E-state index is 12.4. The van der Waals surface area contributed by atoms with Crippen LogP contribution in [0.4, 0.5) is 5.69 Å². The molecule has 0 bridgehead atoms. The van der Waals surface area contributed by atoms with E-state index in [0.717, 1.165) is 14.5 Å². The van der Waals surface area contributed by atoms with E-state index in [-0.39, 0.29) is 5.91 Å². The molecule has 7 heteroatoms. The van der Waals surface area contributed by atoms with Gasteiger partial charge in [0.05, 0.1) is 5.56 Å². The second-order valence-electron chi connectivity index (χ2n) is 5.56. The molecule has 0 aliphatic heterocycles. The lowest BCUT2D eigenvalue weighted by Gasteiger charge is -2.05. The van der Waals surface area contributed by atoms with Crippen molar-refractivity contribution < 1.29 is 9.21 Å². The third kappa shape index (κ3) is 3.54. The number of benzene rings is 2. The Labute approximate surface area is 165 Å². The van der Waals surface area contributed by atoms with Gasteiger partial charge < -0.3 is 9.73 Å². The van der Waals surface area contributed by atoms with E-state index in [2.05, 4.69) is 47.1 Å².